The van der Waals surface area contributed by atoms with Gasteiger partial charge in [0, 0.05) is 16.6 Å². The van der Waals surface area contributed by atoms with Gasteiger partial charge < -0.3 is 5.32 Å². The van der Waals surface area contributed by atoms with Crippen LogP contribution in [0.3, 0.4) is 0 Å². The number of amides is 2. The third-order valence-corrected chi connectivity index (χ3v) is 4.39. The molecule has 2 N–H and O–H groups in total. The Morgan fingerprint density at radius 2 is 1.79 bits per heavy atom. The van der Waals surface area contributed by atoms with Crippen molar-refractivity contribution in [1.82, 2.24) is 4.98 Å². The van der Waals surface area contributed by atoms with Crippen molar-refractivity contribution in [2.24, 2.45) is 0 Å². The number of urea groups is 1. The molecule has 0 atom stereocenters. The van der Waals surface area contributed by atoms with Gasteiger partial charge in [-0.25, -0.2) is 14.2 Å². The Morgan fingerprint density at radius 1 is 1.04 bits per heavy atom. The van der Waals surface area contributed by atoms with Gasteiger partial charge in [-0.15, -0.1) is 11.3 Å². The summed E-state index contributed by atoms with van der Waals surface area (Å²) in [5.41, 5.74) is 4.51. The van der Waals surface area contributed by atoms with Crippen molar-refractivity contribution in [3.63, 3.8) is 0 Å². The van der Waals surface area contributed by atoms with E-state index in [-0.39, 0.29) is 11.8 Å². The van der Waals surface area contributed by atoms with Crippen LogP contribution in [-0.4, -0.2) is 11.0 Å². The van der Waals surface area contributed by atoms with Crippen LogP contribution in [0, 0.1) is 19.7 Å². The van der Waals surface area contributed by atoms with Gasteiger partial charge in [0.25, 0.3) is 0 Å². The minimum absolute atomic E-state index is 0.292. The molecule has 0 bridgehead atoms. The number of thiazole rings is 1. The highest BCUT2D eigenvalue weighted by Crippen LogP contribution is 2.25. The number of halogens is 1. The van der Waals surface area contributed by atoms with Gasteiger partial charge in [-0.3, -0.25) is 5.32 Å². The molecule has 122 valence electrons. The van der Waals surface area contributed by atoms with Gasteiger partial charge in [0.05, 0.1) is 5.69 Å². The quantitative estimate of drug-likeness (QED) is 0.687. The molecule has 0 aliphatic rings. The molecule has 0 unspecified atom stereocenters. The van der Waals surface area contributed by atoms with E-state index in [2.05, 4.69) is 15.6 Å². The van der Waals surface area contributed by atoms with Crippen LogP contribution in [0.5, 0.6) is 0 Å². The Balaban J connectivity index is 1.66. The molecule has 1 aromatic heterocycles. The largest absolute Gasteiger partial charge is 0.325 e. The summed E-state index contributed by atoms with van der Waals surface area (Å²) < 4.78 is 13.0. The van der Waals surface area contributed by atoms with Crippen LogP contribution < -0.4 is 10.6 Å². The van der Waals surface area contributed by atoms with Gasteiger partial charge in [-0.05, 0) is 61.4 Å². The van der Waals surface area contributed by atoms with Crippen molar-refractivity contribution >= 4 is 28.2 Å². The molecule has 3 rings (SSSR count). The molecule has 6 heteroatoms. The van der Waals surface area contributed by atoms with Crippen LogP contribution in [0.25, 0.3) is 11.3 Å². The molecule has 0 aliphatic heterocycles. The Bertz CT molecular complexity index is 874. The van der Waals surface area contributed by atoms with Crippen LogP contribution in [-0.2, 0) is 0 Å². The predicted octanol–water partition coefficient (Wildman–Crippen LogP) is 5.21. The van der Waals surface area contributed by atoms with Gasteiger partial charge in [-0.2, -0.15) is 0 Å². The van der Waals surface area contributed by atoms with Crippen molar-refractivity contribution in [3.05, 3.63) is 64.8 Å². The van der Waals surface area contributed by atoms with Crippen LogP contribution in [0.15, 0.2) is 47.8 Å². The lowest BCUT2D eigenvalue weighted by atomic mass is 10.1. The van der Waals surface area contributed by atoms with Crippen LogP contribution in [0.4, 0.5) is 20.0 Å². The molecule has 2 amide bonds. The second-order valence-electron chi connectivity index (χ2n) is 5.42. The highest BCUT2D eigenvalue weighted by atomic mass is 32.1. The van der Waals surface area contributed by atoms with Crippen molar-refractivity contribution < 1.29 is 9.18 Å². The van der Waals surface area contributed by atoms with Crippen molar-refractivity contribution in [2.75, 3.05) is 10.6 Å². The van der Waals surface area contributed by atoms with E-state index in [0.717, 1.165) is 16.8 Å². The maximum absolute atomic E-state index is 13.0. The summed E-state index contributed by atoms with van der Waals surface area (Å²) in [6, 6.07) is 11.5. The summed E-state index contributed by atoms with van der Waals surface area (Å²) in [6.07, 6.45) is 0. The zero-order chi connectivity index (χ0) is 17.1. The van der Waals surface area contributed by atoms with Crippen LogP contribution in [0.2, 0.25) is 0 Å². The molecule has 3 aromatic rings. The zero-order valence-corrected chi connectivity index (χ0v) is 14.1. The number of carbonyl (C=O) groups excluding carboxylic acids is 1. The van der Waals surface area contributed by atoms with E-state index in [4.69, 9.17) is 0 Å². The number of rotatable bonds is 3. The van der Waals surface area contributed by atoms with E-state index in [9.17, 15) is 9.18 Å². The fourth-order valence-electron chi connectivity index (χ4n) is 2.16. The monoisotopic (exact) mass is 341 g/mol. The summed E-state index contributed by atoms with van der Waals surface area (Å²) in [5, 5.41) is 7.79. The molecular weight excluding hydrogens is 325 g/mol. The smallest absolute Gasteiger partial charge is 0.308 e. The molecule has 0 fully saturated rings. The molecule has 24 heavy (non-hydrogen) atoms. The van der Waals surface area contributed by atoms with Gasteiger partial charge in [0.2, 0.25) is 0 Å². The van der Waals surface area contributed by atoms with Gasteiger partial charge in [0.1, 0.15) is 5.82 Å². The Labute approximate surface area is 143 Å². The molecule has 0 radical (unpaired) electrons. The highest BCUT2D eigenvalue weighted by Gasteiger charge is 2.09. The summed E-state index contributed by atoms with van der Waals surface area (Å²) in [5.74, 6) is -0.292. The third kappa shape index (κ3) is 3.78. The predicted molar refractivity (Wildman–Crippen MR) is 96.1 cm³/mol. The molecule has 1 heterocycles. The van der Waals surface area contributed by atoms with E-state index < -0.39 is 0 Å². The minimum atomic E-state index is -0.349. The average molecular weight is 341 g/mol. The maximum atomic E-state index is 13.0. The summed E-state index contributed by atoms with van der Waals surface area (Å²) in [7, 11) is 0. The number of nitrogens with zero attached hydrogens (tertiary/aromatic N) is 1. The number of aryl methyl sites for hydroxylation is 2. The van der Waals surface area contributed by atoms with Crippen molar-refractivity contribution in [2.45, 2.75) is 13.8 Å². The average Bonchev–Trinajstić information content (AvgIpc) is 3.00. The zero-order valence-electron chi connectivity index (χ0n) is 13.3. The number of hydrogen-bond donors (Lipinski definition) is 2. The van der Waals surface area contributed by atoms with E-state index in [1.54, 1.807) is 12.1 Å². The lowest BCUT2D eigenvalue weighted by Crippen LogP contribution is -2.19. The number of carbonyl (C=O) groups is 1. The summed E-state index contributed by atoms with van der Waals surface area (Å²) in [6.45, 7) is 4.01. The first-order valence-electron chi connectivity index (χ1n) is 7.38. The fraction of sp³-hybridized carbons (Fsp3) is 0.111. The van der Waals surface area contributed by atoms with Gasteiger partial charge >= 0.3 is 6.03 Å². The number of benzene rings is 2. The molecule has 0 aliphatic carbocycles. The number of nitrogens with one attached hydrogen (secondary N) is 2. The molecular formula is C18H16FN3OS. The first-order chi connectivity index (χ1) is 11.5. The topological polar surface area (TPSA) is 54.0 Å². The van der Waals surface area contributed by atoms with Crippen LogP contribution in [0.1, 0.15) is 11.1 Å². The molecule has 0 spiro atoms. The van der Waals surface area contributed by atoms with Crippen molar-refractivity contribution in [3.8, 4) is 11.3 Å². The molecule has 2 aromatic carbocycles. The minimum Gasteiger partial charge on any atom is -0.308 e. The Kier molecular flexibility index (Phi) is 4.57. The molecule has 4 nitrogen and oxygen atoms in total. The normalized spacial score (nSPS) is 10.5. The van der Waals surface area contributed by atoms with Crippen LogP contribution >= 0.6 is 11.3 Å². The first-order valence-corrected chi connectivity index (χ1v) is 8.26. The fourth-order valence-corrected chi connectivity index (χ4v) is 2.88. The maximum Gasteiger partial charge on any atom is 0.325 e. The second kappa shape index (κ2) is 6.80. The van der Waals surface area contributed by atoms with E-state index in [1.807, 2.05) is 37.4 Å². The van der Waals surface area contributed by atoms with Gasteiger partial charge in [0.15, 0.2) is 5.13 Å². The van der Waals surface area contributed by atoms with E-state index in [0.29, 0.717) is 10.8 Å². The van der Waals surface area contributed by atoms with E-state index >= 15 is 0 Å². The highest BCUT2D eigenvalue weighted by molar-refractivity contribution is 7.14. The Morgan fingerprint density at radius 3 is 2.50 bits per heavy atom. The summed E-state index contributed by atoms with van der Waals surface area (Å²) in [4.78, 5) is 16.4. The SMILES string of the molecule is Cc1ccc(NC(=O)Nc2nc(-c3ccc(F)cc3)cs2)cc1C. The molecule has 0 saturated heterocycles. The second-order valence-corrected chi connectivity index (χ2v) is 6.28. The Hall–Kier alpha value is -2.73. The first kappa shape index (κ1) is 16.1. The standard InChI is InChI=1S/C18H16FN3OS/c1-11-3-8-15(9-12(11)2)20-17(23)22-18-21-16(10-24-18)13-4-6-14(19)7-5-13/h3-10H,1-2H3,(H2,20,21,22,23). The molecule has 0 saturated carbocycles. The van der Waals surface area contributed by atoms with Crippen molar-refractivity contribution in [1.29, 1.82) is 0 Å². The lowest BCUT2D eigenvalue weighted by molar-refractivity contribution is 0.262. The number of anilines is 2. The summed E-state index contributed by atoms with van der Waals surface area (Å²) >= 11 is 1.32. The third-order valence-electron chi connectivity index (χ3n) is 3.63. The van der Waals surface area contributed by atoms with Gasteiger partial charge in [-0.1, -0.05) is 6.07 Å². The number of hydrogen-bond acceptors (Lipinski definition) is 3. The van der Waals surface area contributed by atoms with E-state index in [1.165, 1.54) is 29.0 Å². The lowest BCUT2D eigenvalue weighted by Gasteiger charge is -2.07. The number of aromatic nitrogens is 1.